The summed E-state index contributed by atoms with van der Waals surface area (Å²) in [6.07, 6.45) is 3.50. The molecule has 1 amide bonds. The summed E-state index contributed by atoms with van der Waals surface area (Å²) in [5.74, 6) is 0.801. The number of carbonyl (C=O) groups excluding carboxylic acids is 1. The number of likely N-dealkylation sites (N-methyl/N-ethyl adjacent to an activating group) is 1. The Morgan fingerprint density at radius 3 is 2.55 bits per heavy atom. The van der Waals surface area contributed by atoms with E-state index in [1.165, 1.54) is 0 Å². The Labute approximate surface area is 171 Å². The number of ether oxygens (including phenoxy) is 1. The minimum absolute atomic E-state index is 0.168. The van der Waals surface area contributed by atoms with Gasteiger partial charge in [0.15, 0.2) is 0 Å². The Hall–Kier alpha value is -2.71. The van der Waals surface area contributed by atoms with Crippen LogP contribution in [0.15, 0.2) is 36.7 Å². The SMILES string of the molecule is CN1CCN(c2cc(CNC(=O)c3cc(N4CCOCC4)ccn3)ccn2)CC1. The molecule has 0 radical (unpaired) electrons. The second-order valence-corrected chi connectivity index (χ2v) is 7.49. The summed E-state index contributed by atoms with van der Waals surface area (Å²) in [6, 6.07) is 7.79. The number of pyridine rings is 2. The van der Waals surface area contributed by atoms with E-state index in [-0.39, 0.29) is 5.91 Å². The number of hydrogen-bond donors (Lipinski definition) is 1. The largest absolute Gasteiger partial charge is 0.378 e. The maximum Gasteiger partial charge on any atom is 0.270 e. The molecule has 0 aliphatic carbocycles. The summed E-state index contributed by atoms with van der Waals surface area (Å²) in [6.45, 7) is 7.54. The number of amides is 1. The number of morpholine rings is 1. The molecular weight excluding hydrogens is 368 g/mol. The number of piperazine rings is 1. The zero-order valence-corrected chi connectivity index (χ0v) is 16.9. The number of rotatable bonds is 5. The van der Waals surface area contributed by atoms with E-state index in [1.807, 2.05) is 24.4 Å². The van der Waals surface area contributed by atoms with Gasteiger partial charge in [0, 0.05) is 63.9 Å². The van der Waals surface area contributed by atoms with Gasteiger partial charge in [0.1, 0.15) is 11.5 Å². The molecule has 154 valence electrons. The fourth-order valence-corrected chi connectivity index (χ4v) is 3.61. The summed E-state index contributed by atoms with van der Waals surface area (Å²) in [7, 11) is 2.14. The van der Waals surface area contributed by atoms with Crippen molar-refractivity contribution < 1.29 is 9.53 Å². The van der Waals surface area contributed by atoms with Gasteiger partial charge in [-0.2, -0.15) is 0 Å². The molecule has 2 aliphatic heterocycles. The van der Waals surface area contributed by atoms with E-state index in [2.05, 4.69) is 43.1 Å². The van der Waals surface area contributed by atoms with Gasteiger partial charge in [-0.3, -0.25) is 9.78 Å². The molecule has 4 rings (SSSR count). The van der Waals surface area contributed by atoms with Crippen LogP contribution in [0, 0.1) is 0 Å². The Morgan fingerprint density at radius 1 is 1.00 bits per heavy atom. The standard InChI is InChI=1S/C21H28N6O2/c1-25-6-8-27(9-7-25)20-14-17(2-4-23-20)16-24-21(28)19-15-18(3-5-22-19)26-10-12-29-13-11-26/h2-5,14-15H,6-13,16H2,1H3,(H,24,28). The maximum absolute atomic E-state index is 12.6. The summed E-state index contributed by atoms with van der Waals surface area (Å²) in [4.78, 5) is 28.2. The van der Waals surface area contributed by atoms with Gasteiger partial charge >= 0.3 is 0 Å². The minimum atomic E-state index is -0.168. The van der Waals surface area contributed by atoms with Crippen molar-refractivity contribution in [1.29, 1.82) is 0 Å². The van der Waals surface area contributed by atoms with Crippen LogP contribution in [-0.4, -0.2) is 80.3 Å². The van der Waals surface area contributed by atoms with E-state index in [9.17, 15) is 4.79 Å². The third kappa shape index (κ3) is 5.02. The molecule has 8 nitrogen and oxygen atoms in total. The van der Waals surface area contributed by atoms with Gasteiger partial charge in [0.25, 0.3) is 5.91 Å². The van der Waals surface area contributed by atoms with E-state index in [0.29, 0.717) is 25.5 Å². The Balaban J connectivity index is 1.36. The van der Waals surface area contributed by atoms with Crippen molar-refractivity contribution in [2.45, 2.75) is 6.54 Å². The molecular formula is C21H28N6O2. The van der Waals surface area contributed by atoms with Crippen molar-refractivity contribution >= 4 is 17.4 Å². The van der Waals surface area contributed by atoms with Crippen molar-refractivity contribution in [3.8, 4) is 0 Å². The molecule has 0 unspecified atom stereocenters. The molecule has 2 fully saturated rings. The maximum atomic E-state index is 12.6. The second kappa shape index (κ2) is 9.19. The van der Waals surface area contributed by atoms with Gasteiger partial charge in [-0.1, -0.05) is 0 Å². The highest BCUT2D eigenvalue weighted by Crippen LogP contribution is 2.17. The molecule has 29 heavy (non-hydrogen) atoms. The van der Waals surface area contributed by atoms with Crippen LogP contribution in [0.25, 0.3) is 0 Å². The topological polar surface area (TPSA) is 73.8 Å². The zero-order chi connectivity index (χ0) is 20.1. The number of anilines is 2. The molecule has 0 saturated carbocycles. The summed E-state index contributed by atoms with van der Waals surface area (Å²) >= 11 is 0. The van der Waals surface area contributed by atoms with Crippen LogP contribution in [0.3, 0.4) is 0 Å². The average molecular weight is 396 g/mol. The van der Waals surface area contributed by atoms with Crippen molar-refractivity contribution in [2.75, 3.05) is 69.3 Å². The van der Waals surface area contributed by atoms with Crippen molar-refractivity contribution in [1.82, 2.24) is 20.2 Å². The average Bonchev–Trinajstić information content (AvgIpc) is 2.79. The number of hydrogen-bond acceptors (Lipinski definition) is 7. The fraction of sp³-hybridized carbons (Fsp3) is 0.476. The predicted molar refractivity (Wildman–Crippen MR) is 112 cm³/mol. The highest BCUT2D eigenvalue weighted by Gasteiger charge is 2.16. The van der Waals surface area contributed by atoms with Gasteiger partial charge in [-0.25, -0.2) is 4.98 Å². The first-order valence-electron chi connectivity index (χ1n) is 10.1. The molecule has 2 aromatic heterocycles. The summed E-state index contributed by atoms with van der Waals surface area (Å²) in [5.41, 5.74) is 2.48. The van der Waals surface area contributed by atoms with Crippen molar-refractivity contribution in [3.63, 3.8) is 0 Å². The number of aromatic nitrogens is 2. The monoisotopic (exact) mass is 396 g/mol. The number of nitrogens with zero attached hydrogens (tertiary/aromatic N) is 5. The third-order valence-corrected chi connectivity index (χ3v) is 5.44. The van der Waals surface area contributed by atoms with Crippen LogP contribution >= 0.6 is 0 Å². The molecule has 2 aromatic rings. The molecule has 0 bridgehead atoms. The fourth-order valence-electron chi connectivity index (χ4n) is 3.61. The molecule has 0 aromatic carbocycles. The van der Waals surface area contributed by atoms with Crippen LogP contribution < -0.4 is 15.1 Å². The first-order chi connectivity index (χ1) is 14.2. The highest BCUT2D eigenvalue weighted by molar-refractivity contribution is 5.93. The minimum Gasteiger partial charge on any atom is -0.378 e. The van der Waals surface area contributed by atoms with E-state index >= 15 is 0 Å². The lowest BCUT2D eigenvalue weighted by Gasteiger charge is -2.33. The Morgan fingerprint density at radius 2 is 1.76 bits per heavy atom. The Bertz CT molecular complexity index is 831. The lowest BCUT2D eigenvalue weighted by atomic mass is 10.2. The highest BCUT2D eigenvalue weighted by atomic mass is 16.5. The summed E-state index contributed by atoms with van der Waals surface area (Å²) < 4.78 is 5.40. The van der Waals surface area contributed by atoms with E-state index < -0.39 is 0 Å². The quantitative estimate of drug-likeness (QED) is 0.808. The van der Waals surface area contributed by atoms with E-state index in [4.69, 9.17) is 4.74 Å². The summed E-state index contributed by atoms with van der Waals surface area (Å²) in [5, 5.41) is 2.98. The molecule has 0 atom stereocenters. The Kier molecular flexibility index (Phi) is 6.21. The second-order valence-electron chi connectivity index (χ2n) is 7.49. The number of carbonyl (C=O) groups is 1. The van der Waals surface area contributed by atoms with Crippen LogP contribution in [0.5, 0.6) is 0 Å². The number of nitrogens with one attached hydrogen (secondary N) is 1. The van der Waals surface area contributed by atoms with Crippen molar-refractivity contribution in [3.05, 3.63) is 47.9 Å². The van der Waals surface area contributed by atoms with Gasteiger partial charge in [-0.05, 0) is 36.9 Å². The molecule has 1 N–H and O–H groups in total. The lowest BCUT2D eigenvalue weighted by molar-refractivity contribution is 0.0946. The van der Waals surface area contributed by atoms with Gasteiger partial charge in [-0.15, -0.1) is 0 Å². The van der Waals surface area contributed by atoms with Gasteiger partial charge in [0.2, 0.25) is 0 Å². The van der Waals surface area contributed by atoms with E-state index in [1.54, 1.807) is 6.20 Å². The van der Waals surface area contributed by atoms with Crippen LogP contribution in [-0.2, 0) is 11.3 Å². The van der Waals surface area contributed by atoms with E-state index in [0.717, 1.165) is 56.3 Å². The van der Waals surface area contributed by atoms with Crippen LogP contribution in [0.2, 0.25) is 0 Å². The molecule has 0 spiro atoms. The first kappa shape index (κ1) is 19.6. The van der Waals surface area contributed by atoms with Crippen LogP contribution in [0.4, 0.5) is 11.5 Å². The normalized spacial score (nSPS) is 18.0. The lowest BCUT2D eigenvalue weighted by Crippen LogP contribution is -2.44. The van der Waals surface area contributed by atoms with Gasteiger partial charge < -0.3 is 24.8 Å². The molecule has 2 saturated heterocycles. The van der Waals surface area contributed by atoms with Crippen molar-refractivity contribution in [2.24, 2.45) is 0 Å². The third-order valence-electron chi connectivity index (χ3n) is 5.44. The predicted octanol–water partition coefficient (Wildman–Crippen LogP) is 0.995. The molecule has 2 aliphatic rings. The smallest absolute Gasteiger partial charge is 0.270 e. The molecule has 4 heterocycles. The first-order valence-corrected chi connectivity index (χ1v) is 10.1. The van der Waals surface area contributed by atoms with Gasteiger partial charge in [0.05, 0.1) is 13.2 Å². The zero-order valence-electron chi connectivity index (χ0n) is 16.9. The molecule has 8 heteroatoms. The van der Waals surface area contributed by atoms with Crippen LogP contribution in [0.1, 0.15) is 16.1 Å².